The molecule has 0 aliphatic carbocycles. The first kappa shape index (κ1) is 18.2. The Bertz CT molecular complexity index is 1070. The zero-order chi connectivity index (χ0) is 18.9. The van der Waals surface area contributed by atoms with E-state index < -0.39 is 26.7 Å². The zero-order valence-electron chi connectivity index (χ0n) is 13.8. The molecule has 26 heavy (non-hydrogen) atoms. The van der Waals surface area contributed by atoms with Crippen molar-refractivity contribution in [3.8, 4) is 5.75 Å². The van der Waals surface area contributed by atoms with Crippen molar-refractivity contribution in [2.24, 2.45) is 0 Å². The highest BCUT2D eigenvalue weighted by atomic mass is 32.2. The molecule has 3 rings (SSSR count). The molecule has 1 heterocycles. The summed E-state index contributed by atoms with van der Waals surface area (Å²) >= 11 is 0.861. The molecule has 2 aromatic carbocycles. The maximum absolute atomic E-state index is 14.3. The van der Waals surface area contributed by atoms with E-state index >= 15 is 0 Å². The number of methoxy groups -OCH3 is 2. The highest BCUT2D eigenvalue weighted by Gasteiger charge is 2.30. The van der Waals surface area contributed by atoms with E-state index in [1.54, 1.807) is 18.2 Å². The lowest BCUT2D eigenvalue weighted by Gasteiger charge is -2.10. The van der Waals surface area contributed by atoms with E-state index in [0.29, 0.717) is 10.4 Å². The van der Waals surface area contributed by atoms with Gasteiger partial charge in [0.1, 0.15) is 21.3 Å². The monoisotopic (exact) mass is 395 g/mol. The number of carbonyl (C=O) groups is 1. The minimum atomic E-state index is -4.25. The van der Waals surface area contributed by atoms with E-state index in [-0.39, 0.29) is 16.0 Å². The normalized spacial score (nSPS) is 11.3. The molecular weight excluding hydrogens is 381 g/mol. The van der Waals surface area contributed by atoms with Crippen LogP contribution in [0.2, 0.25) is 0 Å². The lowest BCUT2D eigenvalue weighted by atomic mass is 10.2. The van der Waals surface area contributed by atoms with Gasteiger partial charge >= 0.3 is 5.97 Å². The Labute approximate surface area is 153 Å². The summed E-state index contributed by atoms with van der Waals surface area (Å²) in [7, 11) is -1.62. The maximum Gasteiger partial charge on any atom is 0.349 e. The molecule has 0 saturated carbocycles. The predicted octanol–water partition coefficient (Wildman–Crippen LogP) is 3.64. The number of thiophene rings is 1. The Balaban J connectivity index is 2.16. The fourth-order valence-electron chi connectivity index (χ4n) is 2.43. The van der Waals surface area contributed by atoms with Gasteiger partial charge in [0.15, 0.2) is 0 Å². The van der Waals surface area contributed by atoms with Crippen LogP contribution in [0.5, 0.6) is 5.75 Å². The number of hydrogen-bond donors (Lipinski definition) is 1. The van der Waals surface area contributed by atoms with Crippen molar-refractivity contribution in [2.75, 3.05) is 18.9 Å². The van der Waals surface area contributed by atoms with Crippen molar-refractivity contribution in [2.45, 2.75) is 4.90 Å². The number of ether oxygens (including phenoxy) is 2. The zero-order valence-corrected chi connectivity index (χ0v) is 15.4. The van der Waals surface area contributed by atoms with E-state index in [0.717, 1.165) is 24.5 Å². The summed E-state index contributed by atoms with van der Waals surface area (Å²) in [4.78, 5) is 11.4. The quantitative estimate of drug-likeness (QED) is 0.667. The van der Waals surface area contributed by atoms with Gasteiger partial charge in [-0.1, -0.05) is 6.07 Å². The number of halogens is 1. The van der Waals surface area contributed by atoms with Gasteiger partial charge < -0.3 is 9.47 Å². The summed E-state index contributed by atoms with van der Waals surface area (Å²) in [6, 6.07) is 10.3. The lowest BCUT2D eigenvalue weighted by Crippen LogP contribution is -2.16. The van der Waals surface area contributed by atoms with Crippen molar-refractivity contribution in [3.63, 3.8) is 0 Å². The number of sulfonamides is 1. The molecule has 0 fully saturated rings. The van der Waals surface area contributed by atoms with Gasteiger partial charge in [0.25, 0.3) is 10.0 Å². The van der Waals surface area contributed by atoms with Crippen LogP contribution in [-0.4, -0.2) is 28.6 Å². The number of hydrogen-bond acceptors (Lipinski definition) is 6. The Hall–Kier alpha value is -2.65. The number of carbonyl (C=O) groups excluding carboxylic acids is 1. The van der Waals surface area contributed by atoms with Crippen LogP contribution in [0.15, 0.2) is 47.4 Å². The second-order valence-electron chi connectivity index (χ2n) is 5.20. The Morgan fingerprint density at radius 3 is 2.42 bits per heavy atom. The van der Waals surface area contributed by atoms with Crippen LogP contribution in [0, 0.1) is 5.82 Å². The number of nitrogens with one attached hydrogen (secondary N) is 1. The molecule has 0 aliphatic rings. The second-order valence-corrected chi connectivity index (χ2v) is 7.87. The van der Waals surface area contributed by atoms with Gasteiger partial charge in [-0.25, -0.2) is 17.6 Å². The average molecular weight is 395 g/mol. The molecule has 0 radical (unpaired) electrons. The standard InChI is InChI=1S/C17H14FNO5S2/c1-23-11-8-6-10(7-9-11)19-26(21,22)16-14-12(18)4-3-5-13(14)25-15(16)17(20)24-2/h3-9,19H,1-2H3. The molecule has 6 nitrogen and oxygen atoms in total. The largest absolute Gasteiger partial charge is 0.497 e. The van der Waals surface area contributed by atoms with E-state index in [1.807, 2.05) is 0 Å². The number of anilines is 1. The summed E-state index contributed by atoms with van der Waals surface area (Å²) in [5.74, 6) is -1.03. The van der Waals surface area contributed by atoms with Gasteiger partial charge in [-0.2, -0.15) is 0 Å². The molecule has 3 aromatic rings. The molecule has 0 amide bonds. The molecule has 0 spiro atoms. The van der Waals surface area contributed by atoms with Crippen LogP contribution in [0.25, 0.3) is 10.1 Å². The predicted molar refractivity (Wildman–Crippen MR) is 96.9 cm³/mol. The van der Waals surface area contributed by atoms with Crippen molar-refractivity contribution >= 4 is 43.1 Å². The van der Waals surface area contributed by atoms with Crippen molar-refractivity contribution in [1.29, 1.82) is 0 Å². The molecule has 0 bridgehead atoms. The molecule has 9 heteroatoms. The van der Waals surface area contributed by atoms with Gasteiger partial charge in [0.2, 0.25) is 0 Å². The lowest BCUT2D eigenvalue weighted by molar-refractivity contribution is 0.0602. The van der Waals surface area contributed by atoms with Crippen LogP contribution in [-0.2, 0) is 14.8 Å². The Morgan fingerprint density at radius 2 is 1.81 bits per heavy atom. The van der Waals surface area contributed by atoms with Gasteiger partial charge in [0, 0.05) is 15.8 Å². The molecule has 0 atom stereocenters. The van der Waals surface area contributed by atoms with Crippen molar-refractivity contribution in [1.82, 2.24) is 0 Å². The highest BCUT2D eigenvalue weighted by Crippen LogP contribution is 2.37. The van der Waals surface area contributed by atoms with Crippen LogP contribution in [0.4, 0.5) is 10.1 Å². The number of rotatable bonds is 5. The molecule has 0 saturated heterocycles. The first-order valence-electron chi connectivity index (χ1n) is 7.33. The summed E-state index contributed by atoms with van der Waals surface area (Å²) < 4.78 is 52.5. The van der Waals surface area contributed by atoms with Gasteiger partial charge in [0.05, 0.1) is 14.2 Å². The highest BCUT2D eigenvalue weighted by molar-refractivity contribution is 7.93. The first-order chi connectivity index (χ1) is 12.4. The van der Waals surface area contributed by atoms with Gasteiger partial charge in [-0.3, -0.25) is 4.72 Å². The summed E-state index contributed by atoms with van der Waals surface area (Å²) in [5, 5.41) is -0.140. The van der Waals surface area contributed by atoms with E-state index in [1.165, 1.54) is 25.3 Å². The van der Waals surface area contributed by atoms with Crippen molar-refractivity contribution in [3.05, 3.63) is 53.2 Å². The molecule has 1 aromatic heterocycles. The molecular formula is C17H14FNO5S2. The van der Waals surface area contributed by atoms with Gasteiger partial charge in [-0.15, -0.1) is 11.3 Å². The third kappa shape index (κ3) is 3.23. The first-order valence-corrected chi connectivity index (χ1v) is 9.63. The minimum Gasteiger partial charge on any atom is -0.497 e. The smallest absolute Gasteiger partial charge is 0.349 e. The van der Waals surface area contributed by atoms with Crippen LogP contribution < -0.4 is 9.46 Å². The number of fused-ring (bicyclic) bond motifs is 1. The summed E-state index contributed by atoms with van der Waals surface area (Å²) in [5.41, 5.74) is 0.248. The minimum absolute atomic E-state index is 0.140. The van der Waals surface area contributed by atoms with E-state index in [4.69, 9.17) is 4.74 Å². The third-order valence-electron chi connectivity index (χ3n) is 3.60. The topological polar surface area (TPSA) is 81.7 Å². The number of esters is 1. The molecule has 136 valence electrons. The van der Waals surface area contributed by atoms with Crippen LogP contribution >= 0.6 is 11.3 Å². The Kier molecular flexibility index (Phi) is 4.84. The SMILES string of the molecule is COC(=O)c1sc2cccc(F)c2c1S(=O)(=O)Nc1ccc(OC)cc1. The fraction of sp³-hybridized carbons (Fsp3) is 0.118. The van der Waals surface area contributed by atoms with Crippen molar-refractivity contribution < 1.29 is 27.1 Å². The van der Waals surface area contributed by atoms with E-state index in [9.17, 15) is 17.6 Å². The van der Waals surface area contributed by atoms with E-state index in [2.05, 4.69) is 9.46 Å². The summed E-state index contributed by atoms with van der Waals surface area (Å²) in [6.07, 6.45) is 0. The maximum atomic E-state index is 14.3. The van der Waals surface area contributed by atoms with Gasteiger partial charge in [-0.05, 0) is 36.4 Å². The fourth-order valence-corrected chi connectivity index (χ4v) is 5.33. The molecule has 0 unspecified atom stereocenters. The average Bonchev–Trinajstić information content (AvgIpc) is 3.03. The molecule has 1 N–H and O–H groups in total. The Morgan fingerprint density at radius 1 is 1.12 bits per heavy atom. The summed E-state index contributed by atoms with van der Waals surface area (Å²) in [6.45, 7) is 0. The second kappa shape index (κ2) is 6.93. The third-order valence-corrected chi connectivity index (χ3v) is 6.32. The molecule has 0 aliphatic heterocycles. The number of benzene rings is 2. The van der Waals surface area contributed by atoms with Crippen LogP contribution in [0.1, 0.15) is 9.67 Å². The van der Waals surface area contributed by atoms with Crippen LogP contribution in [0.3, 0.4) is 0 Å².